The Hall–Kier alpha value is -3.53. The lowest BCUT2D eigenvalue weighted by molar-refractivity contribution is 0.378. The fourth-order valence-corrected chi connectivity index (χ4v) is 4.82. The maximum Gasteiger partial charge on any atom is 0.262 e. The van der Waals surface area contributed by atoms with Gasteiger partial charge in [0.25, 0.3) is 5.56 Å². The molecule has 0 amide bonds. The topological polar surface area (TPSA) is 91.1 Å². The number of benzene rings is 2. The standard InChI is InChI=1S/C25H25FN6O2S/c1-3-4-13-31-23(33)18-8-5-6-9-20(18)32-24(31)28-29-25(32)35-14-7-10-21-27-22(30-34-21)17-12-11-16(2)19(26)15-17/h5-6,8-9,11-12,15H,3-4,7,10,13-14H2,1-2H3. The second kappa shape index (κ2) is 9.99. The van der Waals surface area contributed by atoms with Gasteiger partial charge >= 0.3 is 0 Å². The molecule has 10 heteroatoms. The van der Waals surface area contributed by atoms with E-state index in [4.69, 9.17) is 4.52 Å². The van der Waals surface area contributed by atoms with Gasteiger partial charge in [-0.1, -0.05) is 54.5 Å². The Morgan fingerprint density at radius 3 is 2.80 bits per heavy atom. The third-order valence-electron chi connectivity index (χ3n) is 5.88. The molecule has 0 saturated heterocycles. The molecule has 3 heterocycles. The highest BCUT2D eigenvalue weighted by atomic mass is 32.2. The van der Waals surface area contributed by atoms with Crippen LogP contribution in [0, 0.1) is 12.7 Å². The van der Waals surface area contributed by atoms with Crippen molar-refractivity contribution in [2.45, 2.75) is 51.2 Å². The molecule has 0 saturated carbocycles. The van der Waals surface area contributed by atoms with Gasteiger partial charge in [-0.05, 0) is 43.5 Å². The van der Waals surface area contributed by atoms with Gasteiger partial charge in [0.15, 0.2) is 5.16 Å². The summed E-state index contributed by atoms with van der Waals surface area (Å²) in [4.78, 5) is 17.4. The first kappa shape index (κ1) is 23.2. The van der Waals surface area contributed by atoms with Crippen molar-refractivity contribution in [2.24, 2.45) is 0 Å². The summed E-state index contributed by atoms with van der Waals surface area (Å²) in [5.74, 6) is 1.91. The molecule has 8 nitrogen and oxygen atoms in total. The SMILES string of the molecule is CCCCn1c(=O)c2ccccc2n2c(SCCCc3nc(-c4ccc(C)c(F)c4)no3)nnc12. The highest BCUT2D eigenvalue weighted by Gasteiger charge is 2.17. The van der Waals surface area contributed by atoms with Gasteiger partial charge in [-0.25, -0.2) is 4.39 Å². The summed E-state index contributed by atoms with van der Waals surface area (Å²) in [6, 6.07) is 12.5. The van der Waals surface area contributed by atoms with E-state index in [2.05, 4.69) is 27.3 Å². The van der Waals surface area contributed by atoms with E-state index in [1.54, 1.807) is 35.4 Å². The molecule has 0 bridgehead atoms. The molecule has 180 valence electrons. The van der Waals surface area contributed by atoms with Crippen LogP contribution in [-0.2, 0) is 13.0 Å². The Morgan fingerprint density at radius 2 is 1.97 bits per heavy atom. The average molecular weight is 493 g/mol. The second-order valence-corrected chi connectivity index (χ2v) is 9.44. The van der Waals surface area contributed by atoms with Crippen LogP contribution in [0.5, 0.6) is 0 Å². The Balaban J connectivity index is 1.31. The molecule has 5 rings (SSSR count). The zero-order valence-electron chi connectivity index (χ0n) is 19.6. The van der Waals surface area contributed by atoms with Crippen LogP contribution in [0.2, 0.25) is 0 Å². The summed E-state index contributed by atoms with van der Waals surface area (Å²) in [7, 11) is 0. The quantitative estimate of drug-likeness (QED) is 0.210. The van der Waals surface area contributed by atoms with Crippen LogP contribution in [-0.4, -0.2) is 35.1 Å². The predicted octanol–water partition coefficient (Wildman–Crippen LogP) is 5.07. The highest BCUT2D eigenvalue weighted by Crippen LogP contribution is 2.23. The van der Waals surface area contributed by atoms with Gasteiger partial charge < -0.3 is 4.52 Å². The summed E-state index contributed by atoms with van der Waals surface area (Å²) < 4.78 is 22.9. The number of para-hydroxylation sites is 1. The number of rotatable bonds is 9. The molecule has 0 aliphatic rings. The number of fused-ring (bicyclic) bond motifs is 3. The number of halogens is 1. The molecule has 2 aromatic carbocycles. The van der Waals surface area contributed by atoms with Gasteiger partial charge in [0.2, 0.25) is 17.5 Å². The fourth-order valence-electron chi connectivity index (χ4n) is 3.94. The lowest BCUT2D eigenvalue weighted by atomic mass is 10.1. The van der Waals surface area contributed by atoms with Crippen molar-refractivity contribution in [3.05, 3.63) is 70.1 Å². The number of hydrogen-bond acceptors (Lipinski definition) is 7. The first-order chi connectivity index (χ1) is 17.1. The summed E-state index contributed by atoms with van der Waals surface area (Å²) in [5, 5.41) is 14.1. The molecule has 0 spiro atoms. The summed E-state index contributed by atoms with van der Waals surface area (Å²) in [5.41, 5.74) is 1.94. The van der Waals surface area contributed by atoms with Crippen LogP contribution < -0.4 is 5.56 Å². The summed E-state index contributed by atoms with van der Waals surface area (Å²) in [6.07, 6.45) is 3.24. The Bertz CT molecular complexity index is 1560. The van der Waals surface area contributed by atoms with Crippen LogP contribution >= 0.6 is 11.8 Å². The van der Waals surface area contributed by atoms with E-state index >= 15 is 0 Å². The minimum absolute atomic E-state index is 0.0360. The van der Waals surface area contributed by atoms with Crippen molar-refractivity contribution >= 4 is 28.4 Å². The second-order valence-electron chi connectivity index (χ2n) is 8.37. The van der Waals surface area contributed by atoms with Gasteiger partial charge in [0, 0.05) is 24.3 Å². The molecule has 0 fully saturated rings. The van der Waals surface area contributed by atoms with E-state index in [0.29, 0.717) is 47.0 Å². The zero-order chi connectivity index (χ0) is 24.4. The molecule has 3 aromatic heterocycles. The minimum atomic E-state index is -0.293. The number of aromatic nitrogens is 6. The molecule has 35 heavy (non-hydrogen) atoms. The monoisotopic (exact) mass is 492 g/mol. The van der Waals surface area contributed by atoms with Crippen molar-refractivity contribution in [2.75, 3.05) is 5.75 Å². The molecule has 0 aliphatic carbocycles. The van der Waals surface area contributed by atoms with E-state index in [0.717, 1.165) is 35.7 Å². The van der Waals surface area contributed by atoms with E-state index in [9.17, 15) is 9.18 Å². The minimum Gasteiger partial charge on any atom is -0.339 e. The largest absolute Gasteiger partial charge is 0.339 e. The van der Waals surface area contributed by atoms with Gasteiger partial charge in [0.05, 0.1) is 10.9 Å². The molecular formula is C25H25FN6O2S. The normalized spacial score (nSPS) is 11.6. The summed E-state index contributed by atoms with van der Waals surface area (Å²) >= 11 is 1.57. The zero-order valence-corrected chi connectivity index (χ0v) is 20.4. The smallest absolute Gasteiger partial charge is 0.262 e. The summed E-state index contributed by atoms with van der Waals surface area (Å²) in [6.45, 7) is 4.42. The van der Waals surface area contributed by atoms with E-state index in [1.807, 2.05) is 28.7 Å². The maximum atomic E-state index is 13.9. The third kappa shape index (κ3) is 4.58. The maximum absolute atomic E-state index is 13.9. The first-order valence-corrected chi connectivity index (χ1v) is 12.6. The van der Waals surface area contributed by atoms with Gasteiger partial charge in [-0.2, -0.15) is 4.98 Å². The lowest BCUT2D eigenvalue weighted by Gasteiger charge is -2.10. The van der Waals surface area contributed by atoms with E-state index < -0.39 is 0 Å². The third-order valence-corrected chi connectivity index (χ3v) is 6.89. The number of nitrogens with zero attached hydrogens (tertiary/aromatic N) is 6. The Kier molecular flexibility index (Phi) is 6.63. The molecular weight excluding hydrogens is 467 g/mol. The van der Waals surface area contributed by atoms with E-state index in [1.165, 1.54) is 6.07 Å². The van der Waals surface area contributed by atoms with Crippen molar-refractivity contribution < 1.29 is 8.91 Å². The number of thioether (sulfide) groups is 1. The number of unbranched alkanes of at least 4 members (excludes halogenated alkanes) is 1. The molecule has 0 aliphatic heterocycles. The van der Waals surface area contributed by atoms with Gasteiger partial charge in [-0.15, -0.1) is 10.2 Å². The van der Waals surface area contributed by atoms with E-state index in [-0.39, 0.29) is 11.4 Å². The Morgan fingerprint density at radius 1 is 1.11 bits per heavy atom. The Labute approximate surface area is 205 Å². The molecule has 5 aromatic rings. The van der Waals surface area contributed by atoms with Crippen molar-refractivity contribution in [1.82, 2.24) is 29.3 Å². The van der Waals surface area contributed by atoms with Crippen LogP contribution in [0.1, 0.15) is 37.6 Å². The fraction of sp³-hybridized carbons (Fsp3) is 0.320. The van der Waals surface area contributed by atoms with Crippen molar-refractivity contribution in [3.63, 3.8) is 0 Å². The van der Waals surface area contributed by atoms with Crippen LogP contribution in [0.25, 0.3) is 28.1 Å². The van der Waals surface area contributed by atoms with Gasteiger partial charge in [0.1, 0.15) is 5.82 Å². The lowest BCUT2D eigenvalue weighted by Crippen LogP contribution is -2.23. The van der Waals surface area contributed by atoms with Crippen molar-refractivity contribution in [3.8, 4) is 11.4 Å². The van der Waals surface area contributed by atoms with Gasteiger partial charge in [-0.3, -0.25) is 13.8 Å². The predicted molar refractivity (Wildman–Crippen MR) is 133 cm³/mol. The number of aryl methyl sites for hydroxylation is 3. The van der Waals surface area contributed by atoms with Crippen LogP contribution in [0.3, 0.4) is 0 Å². The van der Waals surface area contributed by atoms with Crippen LogP contribution in [0.15, 0.2) is 56.9 Å². The highest BCUT2D eigenvalue weighted by molar-refractivity contribution is 7.99. The first-order valence-electron chi connectivity index (χ1n) is 11.7. The average Bonchev–Trinajstić information content (AvgIpc) is 3.51. The molecule has 0 radical (unpaired) electrons. The number of hydrogen-bond donors (Lipinski definition) is 0. The molecule has 0 unspecified atom stereocenters. The molecule has 0 N–H and O–H groups in total. The van der Waals surface area contributed by atoms with Crippen molar-refractivity contribution in [1.29, 1.82) is 0 Å². The van der Waals surface area contributed by atoms with Crippen LogP contribution in [0.4, 0.5) is 4.39 Å². The molecule has 0 atom stereocenters.